The van der Waals surface area contributed by atoms with Crippen LogP contribution in [0.5, 0.6) is 11.5 Å². The number of carbonyl (C=O) groups is 3. The van der Waals surface area contributed by atoms with E-state index in [1.165, 1.54) is 18.1 Å². The van der Waals surface area contributed by atoms with Crippen LogP contribution in [0.4, 0.5) is 11.4 Å². The number of nitrogens with one attached hydrogen (secondary N) is 1. The first-order valence-electron chi connectivity index (χ1n) is 10.4. The molecule has 8 nitrogen and oxygen atoms in total. The van der Waals surface area contributed by atoms with Gasteiger partial charge in [-0.2, -0.15) is 0 Å². The van der Waals surface area contributed by atoms with Gasteiger partial charge in [-0.25, -0.2) is 4.79 Å². The second-order valence-electron chi connectivity index (χ2n) is 8.41. The van der Waals surface area contributed by atoms with Gasteiger partial charge in [-0.15, -0.1) is 0 Å². The topological polar surface area (TPSA) is 94.2 Å². The molecule has 1 aliphatic heterocycles. The molecule has 0 aliphatic carbocycles. The van der Waals surface area contributed by atoms with E-state index in [2.05, 4.69) is 5.32 Å². The SMILES string of the molecule is COc1cc(C(=O)OCC(=O)N2c3ccccc3NC(=O)C2(C)C)ccc1OCC(C)C. The molecule has 170 valence electrons. The Morgan fingerprint density at radius 2 is 1.81 bits per heavy atom. The third kappa shape index (κ3) is 4.69. The van der Waals surface area contributed by atoms with Crippen LogP contribution in [0.25, 0.3) is 0 Å². The largest absolute Gasteiger partial charge is 0.493 e. The number of benzene rings is 2. The smallest absolute Gasteiger partial charge is 0.338 e. The van der Waals surface area contributed by atoms with Crippen LogP contribution in [0.3, 0.4) is 0 Å². The molecule has 8 heteroatoms. The third-order valence-electron chi connectivity index (χ3n) is 5.06. The standard InChI is InChI=1S/C24H28N2O6/c1-15(2)13-31-19-11-10-16(12-20(19)30-5)22(28)32-14-21(27)26-18-9-7-6-8-17(18)25-23(29)24(26,3)4/h6-12,15H,13-14H2,1-5H3,(H,25,29). The second kappa shape index (κ2) is 9.30. The van der Waals surface area contributed by atoms with E-state index in [1.807, 2.05) is 13.8 Å². The third-order valence-corrected chi connectivity index (χ3v) is 5.06. The molecule has 0 radical (unpaired) electrons. The molecule has 0 spiro atoms. The van der Waals surface area contributed by atoms with Crippen LogP contribution in [-0.4, -0.2) is 43.6 Å². The Hall–Kier alpha value is -3.55. The first kappa shape index (κ1) is 23.1. The Bertz CT molecular complexity index is 1030. The highest BCUT2D eigenvalue weighted by Crippen LogP contribution is 2.36. The summed E-state index contributed by atoms with van der Waals surface area (Å²) in [6.45, 7) is 7.33. The summed E-state index contributed by atoms with van der Waals surface area (Å²) in [5, 5.41) is 2.79. The average Bonchev–Trinajstić information content (AvgIpc) is 2.76. The zero-order valence-electron chi connectivity index (χ0n) is 18.9. The molecule has 32 heavy (non-hydrogen) atoms. The van der Waals surface area contributed by atoms with E-state index >= 15 is 0 Å². The summed E-state index contributed by atoms with van der Waals surface area (Å²) < 4.78 is 16.3. The number of hydrogen-bond donors (Lipinski definition) is 1. The Kier molecular flexibility index (Phi) is 6.72. The predicted octanol–water partition coefficient (Wildman–Crippen LogP) is 3.65. The van der Waals surface area contributed by atoms with Crippen LogP contribution >= 0.6 is 0 Å². The van der Waals surface area contributed by atoms with Crippen LogP contribution < -0.4 is 19.7 Å². The number of esters is 1. The molecule has 2 aromatic carbocycles. The maximum Gasteiger partial charge on any atom is 0.338 e. The van der Waals surface area contributed by atoms with Crippen molar-refractivity contribution >= 4 is 29.2 Å². The van der Waals surface area contributed by atoms with Crippen molar-refractivity contribution in [1.82, 2.24) is 0 Å². The van der Waals surface area contributed by atoms with Gasteiger partial charge in [-0.05, 0) is 50.1 Å². The lowest BCUT2D eigenvalue weighted by Crippen LogP contribution is -2.59. The van der Waals surface area contributed by atoms with Gasteiger partial charge in [0.15, 0.2) is 18.1 Å². The first-order chi connectivity index (χ1) is 15.1. The molecule has 1 N–H and O–H groups in total. The van der Waals surface area contributed by atoms with Crippen molar-refractivity contribution in [3.05, 3.63) is 48.0 Å². The van der Waals surface area contributed by atoms with Crippen LogP contribution in [0.15, 0.2) is 42.5 Å². The number of para-hydroxylation sites is 2. The number of methoxy groups -OCH3 is 1. The Balaban J connectivity index is 1.73. The zero-order chi connectivity index (χ0) is 23.5. The van der Waals surface area contributed by atoms with Crippen molar-refractivity contribution in [2.45, 2.75) is 33.2 Å². The van der Waals surface area contributed by atoms with Crippen molar-refractivity contribution < 1.29 is 28.6 Å². The molecule has 0 unspecified atom stereocenters. The minimum absolute atomic E-state index is 0.225. The van der Waals surface area contributed by atoms with E-state index in [0.717, 1.165) is 0 Å². The maximum absolute atomic E-state index is 13.0. The predicted molar refractivity (Wildman–Crippen MR) is 120 cm³/mol. The Labute approximate surface area is 187 Å². The number of carbonyl (C=O) groups excluding carboxylic acids is 3. The first-order valence-corrected chi connectivity index (χ1v) is 10.4. The van der Waals surface area contributed by atoms with Gasteiger partial charge in [0.05, 0.1) is 30.7 Å². The lowest BCUT2D eigenvalue weighted by atomic mass is 9.96. The minimum Gasteiger partial charge on any atom is -0.493 e. The summed E-state index contributed by atoms with van der Waals surface area (Å²) in [6, 6.07) is 11.7. The van der Waals surface area contributed by atoms with E-state index in [9.17, 15) is 14.4 Å². The molecule has 2 amide bonds. The van der Waals surface area contributed by atoms with Crippen molar-refractivity contribution in [3.8, 4) is 11.5 Å². The van der Waals surface area contributed by atoms with Crippen LogP contribution in [0.2, 0.25) is 0 Å². The molecule has 0 aromatic heterocycles. The Morgan fingerprint density at radius 1 is 1.09 bits per heavy atom. The maximum atomic E-state index is 13.0. The summed E-state index contributed by atoms with van der Waals surface area (Å²) in [4.78, 5) is 39.5. The minimum atomic E-state index is -1.14. The summed E-state index contributed by atoms with van der Waals surface area (Å²) in [7, 11) is 1.48. The normalized spacial score (nSPS) is 14.4. The van der Waals surface area contributed by atoms with E-state index in [4.69, 9.17) is 14.2 Å². The monoisotopic (exact) mass is 440 g/mol. The molecule has 1 aliphatic rings. The molecule has 0 bridgehead atoms. The van der Waals surface area contributed by atoms with Gasteiger partial charge < -0.3 is 19.5 Å². The average molecular weight is 440 g/mol. The Morgan fingerprint density at radius 3 is 2.50 bits per heavy atom. The highest BCUT2D eigenvalue weighted by molar-refractivity contribution is 6.14. The van der Waals surface area contributed by atoms with Crippen molar-refractivity contribution in [3.63, 3.8) is 0 Å². The van der Waals surface area contributed by atoms with Gasteiger partial charge in [0, 0.05) is 0 Å². The molecular formula is C24H28N2O6. The molecule has 3 rings (SSSR count). The van der Waals surface area contributed by atoms with Crippen LogP contribution in [-0.2, 0) is 14.3 Å². The number of ether oxygens (including phenoxy) is 3. The lowest BCUT2D eigenvalue weighted by molar-refractivity contribution is -0.128. The van der Waals surface area contributed by atoms with Crippen molar-refractivity contribution in [2.75, 3.05) is 30.5 Å². The van der Waals surface area contributed by atoms with E-state index in [0.29, 0.717) is 35.4 Å². The van der Waals surface area contributed by atoms with Gasteiger partial charge in [0.1, 0.15) is 5.54 Å². The number of anilines is 2. The number of nitrogens with zero attached hydrogens (tertiary/aromatic N) is 1. The number of rotatable bonds is 7. The van der Waals surface area contributed by atoms with Crippen molar-refractivity contribution in [2.24, 2.45) is 5.92 Å². The highest BCUT2D eigenvalue weighted by Gasteiger charge is 2.43. The second-order valence-corrected chi connectivity index (χ2v) is 8.41. The van der Waals surface area contributed by atoms with Crippen LogP contribution in [0, 0.1) is 5.92 Å². The van der Waals surface area contributed by atoms with Crippen molar-refractivity contribution in [1.29, 1.82) is 0 Å². The number of hydrogen-bond acceptors (Lipinski definition) is 6. The van der Waals surface area contributed by atoms with Crippen LogP contribution in [0.1, 0.15) is 38.1 Å². The fourth-order valence-electron chi connectivity index (χ4n) is 3.34. The fraction of sp³-hybridized carbons (Fsp3) is 0.375. The van der Waals surface area contributed by atoms with Gasteiger partial charge >= 0.3 is 5.97 Å². The summed E-state index contributed by atoms with van der Waals surface area (Å²) in [6.07, 6.45) is 0. The number of amides is 2. The molecule has 0 saturated carbocycles. The summed E-state index contributed by atoms with van der Waals surface area (Å²) in [5.41, 5.74) is 0.156. The highest BCUT2D eigenvalue weighted by atomic mass is 16.5. The molecule has 0 atom stereocenters. The van der Waals surface area contributed by atoms with Gasteiger partial charge in [-0.3, -0.25) is 14.5 Å². The molecule has 0 saturated heterocycles. The quantitative estimate of drug-likeness (QED) is 0.661. The van der Waals surface area contributed by atoms with Gasteiger partial charge in [0.2, 0.25) is 5.91 Å². The van der Waals surface area contributed by atoms with Gasteiger partial charge in [-0.1, -0.05) is 26.0 Å². The van der Waals surface area contributed by atoms with Gasteiger partial charge in [0.25, 0.3) is 5.91 Å². The summed E-state index contributed by atoms with van der Waals surface area (Å²) >= 11 is 0. The fourth-order valence-corrected chi connectivity index (χ4v) is 3.34. The molecular weight excluding hydrogens is 412 g/mol. The molecule has 0 fully saturated rings. The van der Waals surface area contributed by atoms with E-state index < -0.39 is 24.0 Å². The molecule has 2 aromatic rings. The van der Waals surface area contributed by atoms with E-state index in [-0.39, 0.29) is 11.5 Å². The lowest BCUT2D eigenvalue weighted by Gasteiger charge is -2.41. The summed E-state index contributed by atoms with van der Waals surface area (Å²) in [5.74, 6) is -0.256. The zero-order valence-corrected chi connectivity index (χ0v) is 18.9. The number of fused-ring (bicyclic) bond motifs is 1. The molecule has 1 heterocycles. The van der Waals surface area contributed by atoms with E-state index in [1.54, 1.807) is 50.2 Å².